The van der Waals surface area contributed by atoms with Crippen LogP contribution in [0.25, 0.3) is 0 Å². The molecule has 0 fully saturated rings. The lowest BCUT2D eigenvalue weighted by Crippen LogP contribution is -2.22. The van der Waals surface area contributed by atoms with E-state index in [1.807, 2.05) is 19.1 Å². The normalized spacial score (nSPS) is 10.1. The summed E-state index contributed by atoms with van der Waals surface area (Å²) in [6.07, 6.45) is 0.422. The Kier molecular flexibility index (Phi) is 8.50. The molecule has 0 spiro atoms. The summed E-state index contributed by atoms with van der Waals surface area (Å²) in [6.45, 7) is 1.32. The number of hydrogen-bond acceptors (Lipinski definition) is 7. The Morgan fingerprint density at radius 1 is 1.00 bits per heavy atom. The van der Waals surface area contributed by atoms with E-state index in [2.05, 4.69) is 10.6 Å². The van der Waals surface area contributed by atoms with Gasteiger partial charge < -0.3 is 20.1 Å². The standard InChI is InChI=1S/C21H23N3O7/c1-3-14-6-4-5-7-16(14)22-19(25)10-11-21(27)31-13-20(26)23-17-12-15(30-2)8-9-18(17)24(28)29/h4-9,12H,3,10-11,13H2,1-2H3,(H,22,25)(H,23,26). The van der Waals surface area contributed by atoms with Crippen molar-refractivity contribution in [3.05, 3.63) is 58.1 Å². The first-order chi connectivity index (χ1) is 14.8. The van der Waals surface area contributed by atoms with Crippen LogP contribution in [0.2, 0.25) is 0 Å². The van der Waals surface area contributed by atoms with Crippen LogP contribution in [0.15, 0.2) is 42.5 Å². The van der Waals surface area contributed by atoms with Crippen molar-refractivity contribution >= 4 is 34.8 Å². The van der Waals surface area contributed by atoms with Crippen molar-refractivity contribution in [3.63, 3.8) is 0 Å². The number of esters is 1. The molecule has 2 aromatic rings. The Morgan fingerprint density at radius 2 is 1.71 bits per heavy atom. The van der Waals surface area contributed by atoms with Crippen molar-refractivity contribution in [2.75, 3.05) is 24.4 Å². The van der Waals surface area contributed by atoms with E-state index < -0.39 is 23.4 Å². The molecule has 0 unspecified atom stereocenters. The molecule has 2 aromatic carbocycles. The Bertz CT molecular complexity index is 975. The Morgan fingerprint density at radius 3 is 2.39 bits per heavy atom. The molecule has 0 aromatic heterocycles. The van der Waals surface area contributed by atoms with Crippen molar-refractivity contribution in [1.29, 1.82) is 0 Å². The fraction of sp³-hybridized carbons (Fsp3) is 0.286. The quantitative estimate of drug-likeness (QED) is 0.336. The molecule has 0 aliphatic heterocycles. The fourth-order valence-electron chi connectivity index (χ4n) is 2.68. The van der Waals surface area contributed by atoms with E-state index in [0.717, 1.165) is 12.0 Å². The number of anilines is 2. The van der Waals surface area contributed by atoms with Gasteiger partial charge in [0.05, 0.1) is 18.5 Å². The van der Waals surface area contributed by atoms with Gasteiger partial charge in [0.1, 0.15) is 11.4 Å². The molecule has 0 saturated heterocycles. The monoisotopic (exact) mass is 429 g/mol. The van der Waals surface area contributed by atoms with E-state index in [9.17, 15) is 24.5 Å². The van der Waals surface area contributed by atoms with E-state index in [-0.39, 0.29) is 30.1 Å². The summed E-state index contributed by atoms with van der Waals surface area (Å²) in [5.41, 5.74) is 1.24. The molecule has 0 aliphatic carbocycles. The van der Waals surface area contributed by atoms with Gasteiger partial charge >= 0.3 is 5.97 Å². The number of benzene rings is 2. The minimum atomic E-state index is -0.758. The van der Waals surface area contributed by atoms with E-state index in [0.29, 0.717) is 11.4 Å². The van der Waals surface area contributed by atoms with Gasteiger partial charge in [-0.05, 0) is 24.1 Å². The molecule has 164 valence electrons. The van der Waals surface area contributed by atoms with Gasteiger partial charge in [-0.2, -0.15) is 0 Å². The van der Waals surface area contributed by atoms with Crippen molar-refractivity contribution in [3.8, 4) is 5.75 Å². The van der Waals surface area contributed by atoms with Crippen molar-refractivity contribution in [2.45, 2.75) is 26.2 Å². The van der Waals surface area contributed by atoms with Gasteiger partial charge in [0.15, 0.2) is 6.61 Å². The average molecular weight is 429 g/mol. The molecule has 0 bridgehead atoms. The van der Waals surface area contributed by atoms with Crippen LogP contribution >= 0.6 is 0 Å². The average Bonchev–Trinajstić information content (AvgIpc) is 2.76. The highest BCUT2D eigenvalue weighted by Crippen LogP contribution is 2.28. The van der Waals surface area contributed by atoms with Crippen LogP contribution < -0.4 is 15.4 Å². The molecular formula is C21H23N3O7. The number of hydrogen-bond donors (Lipinski definition) is 2. The molecule has 31 heavy (non-hydrogen) atoms. The molecule has 0 saturated carbocycles. The summed E-state index contributed by atoms with van der Waals surface area (Å²) < 4.78 is 9.83. The van der Waals surface area contributed by atoms with Crippen LogP contribution in [0.1, 0.15) is 25.3 Å². The number of nitrogens with zero attached hydrogens (tertiary/aromatic N) is 1. The minimum Gasteiger partial charge on any atom is -0.497 e. The van der Waals surface area contributed by atoms with Crippen molar-refractivity contribution in [2.24, 2.45) is 0 Å². The number of aryl methyl sites for hydroxylation is 1. The molecule has 10 nitrogen and oxygen atoms in total. The zero-order valence-corrected chi connectivity index (χ0v) is 17.2. The van der Waals surface area contributed by atoms with Crippen LogP contribution in [0.5, 0.6) is 5.75 Å². The highest BCUT2D eigenvalue weighted by Gasteiger charge is 2.18. The SMILES string of the molecule is CCc1ccccc1NC(=O)CCC(=O)OCC(=O)Nc1cc(OC)ccc1[N+](=O)[O-]. The van der Waals surface area contributed by atoms with Gasteiger partial charge in [0.25, 0.3) is 11.6 Å². The number of carbonyl (C=O) groups excluding carboxylic acids is 3. The molecule has 0 heterocycles. The van der Waals surface area contributed by atoms with Crippen LogP contribution in [-0.2, 0) is 25.5 Å². The third-order valence-electron chi connectivity index (χ3n) is 4.27. The molecule has 0 aliphatic rings. The first kappa shape index (κ1) is 23.3. The number of rotatable bonds is 10. The van der Waals surface area contributed by atoms with Gasteiger partial charge in [-0.3, -0.25) is 24.5 Å². The number of ether oxygens (including phenoxy) is 2. The van der Waals surface area contributed by atoms with Crippen molar-refractivity contribution in [1.82, 2.24) is 0 Å². The number of para-hydroxylation sites is 1. The maximum absolute atomic E-state index is 12.1. The Hall–Kier alpha value is -3.95. The number of carbonyl (C=O) groups is 3. The van der Waals surface area contributed by atoms with Gasteiger partial charge in [0.2, 0.25) is 5.91 Å². The van der Waals surface area contributed by atoms with E-state index in [1.165, 1.54) is 25.3 Å². The maximum atomic E-state index is 12.1. The summed E-state index contributed by atoms with van der Waals surface area (Å²) in [5.74, 6) is -1.54. The molecule has 0 atom stereocenters. The highest BCUT2D eigenvalue weighted by atomic mass is 16.6. The summed E-state index contributed by atoms with van der Waals surface area (Å²) in [6, 6.07) is 11.2. The van der Waals surface area contributed by atoms with Crippen LogP contribution in [-0.4, -0.2) is 36.4 Å². The fourth-order valence-corrected chi connectivity index (χ4v) is 2.68. The molecule has 2 rings (SSSR count). The number of methoxy groups -OCH3 is 1. The number of nitro benzene ring substituents is 1. The van der Waals surface area contributed by atoms with Gasteiger partial charge in [-0.15, -0.1) is 0 Å². The number of amides is 2. The topological polar surface area (TPSA) is 137 Å². The Balaban J connectivity index is 1.81. The summed E-state index contributed by atoms with van der Waals surface area (Å²) in [5, 5.41) is 16.1. The predicted octanol–water partition coefficient (Wildman–Crippen LogP) is 3.07. The molecule has 0 radical (unpaired) electrons. The van der Waals surface area contributed by atoms with Crippen LogP contribution in [0, 0.1) is 10.1 Å². The summed E-state index contributed by atoms with van der Waals surface area (Å²) in [4.78, 5) is 46.3. The lowest BCUT2D eigenvalue weighted by Gasteiger charge is -2.10. The third kappa shape index (κ3) is 7.11. The Labute approximate surface area is 178 Å². The lowest BCUT2D eigenvalue weighted by molar-refractivity contribution is -0.383. The molecule has 10 heteroatoms. The predicted molar refractivity (Wildman–Crippen MR) is 113 cm³/mol. The first-order valence-corrected chi connectivity index (χ1v) is 9.49. The maximum Gasteiger partial charge on any atom is 0.306 e. The zero-order valence-electron chi connectivity index (χ0n) is 17.2. The van der Waals surface area contributed by atoms with E-state index >= 15 is 0 Å². The minimum absolute atomic E-state index is 0.0839. The van der Waals surface area contributed by atoms with Gasteiger partial charge in [0, 0.05) is 24.2 Å². The van der Waals surface area contributed by atoms with Gasteiger partial charge in [-0.1, -0.05) is 25.1 Å². The molecule has 2 amide bonds. The summed E-state index contributed by atoms with van der Waals surface area (Å²) >= 11 is 0. The second-order valence-electron chi connectivity index (χ2n) is 6.41. The number of nitrogens with one attached hydrogen (secondary N) is 2. The van der Waals surface area contributed by atoms with E-state index in [1.54, 1.807) is 12.1 Å². The summed E-state index contributed by atoms with van der Waals surface area (Å²) in [7, 11) is 1.38. The molecular weight excluding hydrogens is 406 g/mol. The second-order valence-corrected chi connectivity index (χ2v) is 6.41. The van der Waals surface area contributed by atoms with E-state index in [4.69, 9.17) is 9.47 Å². The highest BCUT2D eigenvalue weighted by molar-refractivity contribution is 5.96. The zero-order chi connectivity index (χ0) is 22.8. The number of nitro groups is 1. The largest absolute Gasteiger partial charge is 0.497 e. The smallest absolute Gasteiger partial charge is 0.306 e. The van der Waals surface area contributed by atoms with Gasteiger partial charge in [-0.25, -0.2) is 0 Å². The second kappa shape index (κ2) is 11.3. The third-order valence-corrected chi connectivity index (χ3v) is 4.27. The lowest BCUT2D eigenvalue weighted by atomic mass is 10.1. The molecule has 2 N–H and O–H groups in total. The van der Waals surface area contributed by atoms with Crippen LogP contribution in [0.3, 0.4) is 0 Å². The van der Waals surface area contributed by atoms with Crippen molar-refractivity contribution < 1.29 is 28.8 Å². The van der Waals surface area contributed by atoms with Crippen LogP contribution in [0.4, 0.5) is 17.1 Å². The first-order valence-electron chi connectivity index (χ1n) is 9.49.